The third-order valence-corrected chi connectivity index (χ3v) is 2.28. The molecule has 0 bridgehead atoms. The molecule has 0 saturated heterocycles. The van der Waals surface area contributed by atoms with Gasteiger partial charge in [-0.15, -0.1) is 0 Å². The van der Waals surface area contributed by atoms with E-state index >= 15 is 0 Å². The average molecular weight is 161 g/mol. The lowest BCUT2D eigenvalue weighted by atomic mass is 9.97. The van der Waals surface area contributed by atoms with Gasteiger partial charge in [0.05, 0.1) is 6.04 Å². The highest BCUT2D eigenvalue weighted by Crippen LogP contribution is 2.14. The van der Waals surface area contributed by atoms with E-state index in [0.29, 0.717) is 0 Å². The zero-order valence-corrected chi connectivity index (χ0v) is 6.79. The molecule has 0 radical (unpaired) electrons. The second-order valence-corrected chi connectivity index (χ2v) is 3.10. The minimum atomic E-state index is 0.0138. The van der Waals surface area contributed by atoms with E-state index in [-0.39, 0.29) is 6.04 Å². The first-order valence-electron chi connectivity index (χ1n) is 4.15. The van der Waals surface area contributed by atoms with Gasteiger partial charge < -0.3 is 10.1 Å². The highest BCUT2D eigenvalue weighted by atomic mass is 16.1. The number of benzene rings is 1. The normalized spacial score (nSPS) is 21.5. The van der Waals surface area contributed by atoms with Crippen molar-refractivity contribution in [2.45, 2.75) is 19.0 Å². The van der Waals surface area contributed by atoms with Crippen molar-refractivity contribution in [1.29, 1.82) is 0 Å². The molecule has 0 amide bonds. The first-order valence-corrected chi connectivity index (χ1v) is 4.15. The van der Waals surface area contributed by atoms with E-state index in [2.05, 4.69) is 17.4 Å². The van der Waals surface area contributed by atoms with Crippen LogP contribution in [0.4, 0.5) is 0 Å². The summed E-state index contributed by atoms with van der Waals surface area (Å²) in [4.78, 5) is 10.5. The van der Waals surface area contributed by atoms with Gasteiger partial charge in [-0.05, 0) is 17.5 Å². The van der Waals surface area contributed by atoms with E-state index < -0.39 is 0 Å². The summed E-state index contributed by atoms with van der Waals surface area (Å²) in [6.45, 7) is 0.819. The standard InChI is InChI=1S/C10H11NO/c12-7-10-5-8-3-1-2-4-9(8)6-11-10/h1-4,7,10-11H,5-6H2/t10-/m0/s1. The van der Waals surface area contributed by atoms with Gasteiger partial charge in [-0.25, -0.2) is 0 Å². The Kier molecular flexibility index (Phi) is 1.92. The number of rotatable bonds is 1. The van der Waals surface area contributed by atoms with E-state index in [1.165, 1.54) is 11.1 Å². The molecule has 0 unspecified atom stereocenters. The Morgan fingerprint density at radius 2 is 2.08 bits per heavy atom. The van der Waals surface area contributed by atoms with E-state index in [1.807, 2.05) is 12.1 Å². The lowest BCUT2D eigenvalue weighted by molar-refractivity contribution is -0.109. The maximum atomic E-state index is 10.5. The van der Waals surface area contributed by atoms with Crippen LogP contribution in [0.1, 0.15) is 11.1 Å². The third kappa shape index (κ3) is 1.25. The summed E-state index contributed by atoms with van der Waals surface area (Å²) in [6, 6.07) is 8.25. The van der Waals surface area contributed by atoms with E-state index in [0.717, 1.165) is 19.3 Å². The molecule has 0 aliphatic carbocycles. The first kappa shape index (κ1) is 7.50. The molecule has 62 valence electrons. The minimum Gasteiger partial charge on any atom is -0.303 e. The predicted molar refractivity (Wildman–Crippen MR) is 46.8 cm³/mol. The maximum Gasteiger partial charge on any atom is 0.137 e. The largest absolute Gasteiger partial charge is 0.303 e. The molecule has 1 aromatic rings. The lowest BCUT2D eigenvalue weighted by Crippen LogP contribution is -2.36. The number of aldehydes is 1. The van der Waals surface area contributed by atoms with Crippen molar-refractivity contribution in [3.63, 3.8) is 0 Å². The Balaban J connectivity index is 2.28. The van der Waals surface area contributed by atoms with Gasteiger partial charge in [-0.3, -0.25) is 0 Å². The molecule has 1 heterocycles. The van der Waals surface area contributed by atoms with Crippen LogP contribution < -0.4 is 5.32 Å². The van der Waals surface area contributed by atoms with E-state index in [9.17, 15) is 4.79 Å². The second-order valence-electron chi connectivity index (χ2n) is 3.10. The fourth-order valence-corrected chi connectivity index (χ4v) is 1.58. The van der Waals surface area contributed by atoms with Crippen molar-refractivity contribution in [2.24, 2.45) is 0 Å². The number of hydrogen-bond donors (Lipinski definition) is 1. The zero-order chi connectivity index (χ0) is 8.39. The van der Waals surface area contributed by atoms with E-state index in [1.54, 1.807) is 0 Å². The molecular weight excluding hydrogens is 150 g/mol. The quantitative estimate of drug-likeness (QED) is 0.620. The Morgan fingerprint density at radius 3 is 2.83 bits per heavy atom. The summed E-state index contributed by atoms with van der Waals surface area (Å²) in [5, 5.41) is 3.16. The van der Waals surface area contributed by atoms with Crippen LogP contribution in [0.2, 0.25) is 0 Å². The minimum absolute atomic E-state index is 0.0138. The average Bonchev–Trinajstić information content (AvgIpc) is 2.17. The Morgan fingerprint density at radius 1 is 1.33 bits per heavy atom. The number of carbonyl (C=O) groups excluding carboxylic acids is 1. The van der Waals surface area contributed by atoms with Crippen LogP contribution in [0.15, 0.2) is 24.3 Å². The van der Waals surface area contributed by atoms with Gasteiger partial charge in [0.2, 0.25) is 0 Å². The second kappa shape index (κ2) is 3.07. The third-order valence-electron chi connectivity index (χ3n) is 2.28. The van der Waals surface area contributed by atoms with Gasteiger partial charge in [0.15, 0.2) is 0 Å². The van der Waals surface area contributed by atoms with Gasteiger partial charge in [0.1, 0.15) is 6.29 Å². The van der Waals surface area contributed by atoms with Crippen molar-refractivity contribution < 1.29 is 4.79 Å². The molecule has 0 spiro atoms. The molecule has 0 aromatic heterocycles. The molecule has 1 atom stereocenters. The van der Waals surface area contributed by atoms with Gasteiger partial charge >= 0.3 is 0 Å². The number of fused-ring (bicyclic) bond motifs is 1. The maximum absolute atomic E-state index is 10.5. The summed E-state index contributed by atoms with van der Waals surface area (Å²) in [6.07, 6.45) is 1.82. The Hall–Kier alpha value is -1.15. The fraction of sp³-hybridized carbons (Fsp3) is 0.300. The monoisotopic (exact) mass is 161 g/mol. The van der Waals surface area contributed by atoms with E-state index in [4.69, 9.17) is 0 Å². The SMILES string of the molecule is O=C[C@@H]1Cc2ccccc2CN1. The number of nitrogens with one attached hydrogen (secondary N) is 1. The summed E-state index contributed by atoms with van der Waals surface area (Å²) in [5.41, 5.74) is 2.61. The van der Waals surface area contributed by atoms with Gasteiger partial charge in [0.25, 0.3) is 0 Å². The van der Waals surface area contributed by atoms with Gasteiger partial charge in [-0.2, -0.15) is 0 Å². The molecule has 2 rings (SSSR count). The smallest absolute Gasteiger partial charge is 0.137 e. The molecule has 12 heavy (non-hydrogen) atoms. The van der Waals surface area contributed by atoms with Crippen LogP contribution in [0, 0.1) is 0 Å². The summed E-state index contributed by atoms with van der Waals surface area (Å²) in [7, 11) is 0. The van der Waals surface area contributed by atoms with Crippen LogP contribution in [0.5, 0.6) is 0 Å². The van der Waals surface area contributed by atoms with Crippen molar-refractivity contribution in [3.8, 4) is 0 Å². The highest BCUT2D eigenvalue weighted by Gasteiger charge is 2.15. The van der Waals surface area contributed by atoms with Gasteiger partial charge in [0, 0.05) is 6.54 Å². The highest BCUT2D eigenvalue weighted by molar-refractivity contribution is 5.59. The van der Waals surface area contributed by atoms with Crippen LogP contribution in [-0.2, 0) is 17.8 Å². The molecule has 0 fully saturated rings. The topological polar surface area (TPSA) is 29.1 Å². The van der Waals surface area contributed by atoms with Crippen molar-refractivity contribution in [3.05, 3.63) is 35.4 Å². The molecule has 0 saturated carbocycles. The van der Waals surface area contributed by atoms with Crippen LogP contribution >= 0.6 is 0 Å². The summed E-state index contributed by atoms with van der Waals surface area (Å²) in [5.74, 6) is 0. The molecule has 1 aliphatic rings. The van der Waals surface area contributed by atoms with Crippen molar-refractivity contribution >= 4 is 6.29 Å². The summed E-state index contributed by atoms with van der Waals surface area (Å²) < 4.78 is 0. The number of carbonyl (C=O) groups is 1. The van der Waals surface area contributed by atoms with Crippen LogP contribution in [0.3, 0.4) is 0 Å². The predicted octanol–water partition coefficient (Wildman–Crippen LogP) is 0.900. The molecular formula is C10H11NO. The molecule has 2 nitrogen and oxygen atoms in total. The molecule has 2 heteroatoms. The molecule has 1 N–H and O–H groups in total. The van der Waals surface area contributed by atoms with Gasteiger partial charge in [-0.1, -0.05) is 24.3 Å². The zero-order valence-electron chi connectivity index (χ0n) is 6.79. The Bertz CT molecular complexity index is 296. The first-order chi connectivity index (χ1) is 5.90. The Labute approximate surface area is 71.6 Å². The van der Waals surface area contributed by atoms with Crippen molar-refractivity contribution in [1.82, 2.24) is 5.32 Å². The van der Waals surface area contributed by atoms with Crippen LogP contribution in [0.25, 0.3) is 0 Å². The molecule has 1 aromatic carbocycles. The van der Waals surface area contributed by atoms with Crippen molar-refractivity contribution in [2.75, 3.05) is 0 Å². The lowest BCUT2D eigenvalue weighted by Gasteiger charge is -2.21. The number of hydrogen-bond acceptors (Lipinski definition) is 2. The molecule has 1 aliphatic heterocycles. The fourth-order valence-electron chi connectivity index (χ4n) is 1.58. The summed E-state index contributed by atoms with van der Waals surface area (Å²) >= 11 is 0. The van der Waals surface area contributed by atoms with Crippen LogP contribution in [-0.4, -0.2) is 12.3 Å².